The Bertz CT molecular complexity index is 238. The van der Waals surface area contributed by atoms with Gasteiger partial charge in [0.05, 0.1) is 12.4 Å². The molecule has 1 heterocycles. The summed E-state index contributed by atoms with van der Waals surface area (Å²) in [5.74, 6) is 1.14. The molecule has 68 valence electrons. The van der Waals surface area contributed by atoms with E-state index in [1.165, 1.54) is 0 Å². The van der Waals surface area contributed by atoms with Crippen LogP contribution in [0.25, 0.3) is 0 Å². The van der Waals surface area contributed by atoms with E-state index in [1.807, 2.05) is 26.8 Å². The Labute approximate surface area is 73.2 Å². The second-order valence-corrected chi connectivity index (χ2v) is 3.34. The lowest BCUT2D eigenvalue weighted by Crippen LogP contribution is -2.06. The van der Waals surface area contributed by atoms with E-state index in [0.29, 0.717) is 0 Å². The van der Waals surface area contributed by atoms with Gasteiger partial charge < -0.3 is 9.52 Å². The molecule has 1 N–H and O–H groups in total. The third kappa shape index (κ3) is 1.69. The molecule has 1 rings (SSSR count). The van der Waals surface area contributed by atoms with Crippen molar-refractivity contribution in [1.82, 2.24) is 0 Å². The van der Waals surface area contributed by atoms with E-state index in [9.17, 15) is 5.11 Å². The third-order valence-corrected chi connectivity index (χ3v) is 2.05. The predicted octanol–water partition coefficient (Wildman–Crippen LogP) is 2.53. The van der Waals surface area contributed by atoms with Gasteiger partial charge in [-0.05, 0) is 12.0 Å². The molecule has 0 radical (unpaired) electrons. The molecule has 12 heavy (non-hydrogen) atoms. The summed E-state index contributed by atoms with van der Waals surface area (Å²) < 4.78 is 5.23. The van der Waals surface area contributed by atoms with Gasteiger partial charge in [-0.1, -0.05) is 20.8 Å². The summed E-state index contributed by atoms with van der Waals surface area (Å²) in [6.07, 6.45) is 2.09. The second kappa shape index (κ2) is 3.76. The molecule has 0 aliphatic rings. The van der Waals surface area contributed by atoms with E-state index in [-0.39, 0.29) is 5.92 Å². The Kier molecular flexibility index (Phi) is 2.93. The molecule has 0 aromatic carbocycles. The fourth-order valence-electron chi connectivity index (χ4n) is 1.26. The number of hydrogen-bond acceptors (Lipinski definition) is 2. The highest BCUT2D eigenvalue weighted by Crippen LogP contribution is 2.25. The van der Waals surface area contributed by atoms with Crippen LogP contribution in [0.3, 0.4) is 0 Å². The van der Waals surface area contributed by atoms with Gasteiger partial charge in [-0.2, -0.15) is 0 Å². The number of aliphatic hydroxyl groups excluding tert-OH is 1. The predicted molar refractivity (Wildman–Crippen MR) is 47.9 cm³/mol. The summed E-state index contributed by atoms with van der Waals surface area (Å²) in [4.78, 5) is 0. The van der Waals surface area contributed by atoms with Crippen LogP contribution in [0.15, 0.2) is 16.7 Å². The van der Waals surface area contributed by atoms with E-state index in [0.717, 1.165) is 17.7 Å². The van der Waals surface area contributed by atoms with Gasteiger partial charge in [-0.3, -0.25) is 0 Å². The fraction of sp³-hybridized carbons (Fsp3) is 0.600. The first-order valence-electron chi connectivity index (χ1n) is 4.41. The first-order chi connectivity index (χ1) is 5.66. The zero-order chi connectivity index (χ0) is 9.14. The van der Waals surface area contributed by atoms with Gasteiger partial charge in [-0.15, -0.1) is 0 Å². The van der Waals surface area contributed by atoms with Crippen molar-refractivity contribution in [2.24, 2.45) is 5.92 Å². The van der Waals surface area contributed by atoms with E-state index in [2.05, 4.69) is 0 Å². The van der Waals surface area contributed by atoms with E-state index >= 15 is 0 Å². The SMILES string of the molecule is CCc1occc1C(O)C(C)C. The number of rotatable bonds is 3. The molecular weight excluding hydrogens is 152 g/mol. The lowest BCUT2D eigenvalue weighted by atomic mass is 9.99. The van der Waals surface area contributed by atoms with Crippen LogP contribution in [0.1, 0.15) is 38.2 Å². The van der Waals surface area contributed by atoms with Gasteiger partial charge in [0.1, 0.15) is 5.76 Å². The summed E-state index contributed by atoms with van der Waals surface area (Å²) >= 11 is 0. The summed E-state index contributed by atoms with van der Waals surface area (Å²) in [6, 6.07) is 1.85. The van der Waals surface area contributed by atoms with Crippen LogP contribution in [0.5, 0.6) is 0 Å². The van der Waals surface area contributed by atoms with Gasteiger partial charge in [0.15, 0.2) is 0 Å². The number of aryl methyl sites for hydroxylation is 1. The maximum absolute atomic E-state index is 9.74. The van der Waals surface area contributed by atoms with Gasteiger partial charge >= 0.3 is 0 Å². The van der Waals surface area contributed by atoms with Crippen molar-refractivity contribution in [1.29, 1.82) is 0 Å². The normalized spacial score (nSPS) is 13.8. The molecule has 0 saturated heterocycles. The topological polar surface area (TPSA) is 33.4 Å². The monoisotopic (exact) mass is 168 g/mol. The molecule has 0 amide bonds. The maximum Gasteiger partial charge on any atom is 0.109 e. The number of aliphatic hydroxyl groups is 1. The van der Waals surface area contributed by atoms with E-state index < -0.39 is 6.10 Å². The van der Waals surface area contributed by atoms with E-state index in [1.54, 1.807) is 6.26 Å². The Morgan fingerprint density at radius 1 is 1.50 bits per heavy atom. The Hall–Kier alpha value is -0.760. The lowest BCUT2D eigenvalue weighted by Gasteiger charge is -2.13. The van der Waals surface area contributed by atoms with Gasteiger partial charge in [-0.25, -0.2) is 0 Å². The molecule has 1 unspecified atom stereocenters. The molecule has 0 aliphatic heterocycles. The minimum Gasteiger partial charge on any atom is -0.469 e. The Morgan fingerprint density at radius 2 is 2.17 bits per heavy atom. The Balaban J connectivity index is 2.86. The highest BCUT2D eigenvalue weighted by molar-refractivity contribution is 5.20. The van der Waals surface area contributed by atoms with E-state index in [4.69, 9.17) is 4.42 Å². The summed E-state index contributed by atoms with van der Waals surface area (Å²) in [5.41, 5.74) is 0.938. The summed E-state index contributed by atoms with van der Waals surface area (Å²) in [5, 5.41) is 9.74. The third-order valence-electron chi connectivity index (χ3n) is 2.05. The molecule has 1 aromatic rings. The van der Waals surface area contributed by atoms with Gasteiger partial charge in [0, 0.05) is 12.0 Å². The standard InChI is InChI=1S/C10H16O2/c1-4-9-8(5-6-12-9)10(11)7(2)3/h5-7,10-11H,4H2,1-3H3. The van der Waals surface area contributed by atoms with Crippen molar-refractivity contribution in [3.05, 3.63) is 23.7 Å². The van der Waals surface area contributed by atoms with Crippen LogP contribution in [0.2, 0.25) is 0 Å². The molecule has 0 fully saturated rings. The Morgan fingerprint density at radius 3 is 2.67 bits per heavy atom. The molecule has 1 aromatic heterocycles. The first kappa shape index (κ1) is 9.33. The molecule has 0 aliphatic carbocycles. The van der Waals surface area contributed by atoms with Crippen LogP contribution in [0, 0.1) is 5.92 Å². The second-order valence-electron chi connectivity index (χ2n) is 3.34. The average molecular weight is 168 g/mol. The summed E-state index contributed by atoms with van der Waals surface area (Å²) in [6.45, 7) is 6.02. The first-order valence-corrected chi connectivity index (χ1v) is 4.41. The maximum atomic E-state index is 9.74. The quantitative estimate of drug-likeness (QED) is 0.752. The van der Waals surface area contributed by atoms with Crippen LogP contribution >= 0.6 is 0 Å². The van der Waals surface area contributed by atoms with Gasteiger partial charge in [0.25, 0.3) is 0 Å². The summed E-state index contributed by atoms with van der Waals surface area (Å²) in [7, 11) is 0. The van der Waals surface area contributed by atoms with Crippen molar-refractivity contribution in [3.63, 3.8) is 0 Å². The van der Waals surface area contributed by atoms with Crippen molar-refractivity contribution >= 4 is 0 Å². The number of furan rings is 1. The minimum atomic E-state index is -0.390. The molecular formula is C10H16O2. The zero-order valence-electron chi connectivity index (χ0n) is 7.87. The van der Waals surface area contributed by atoms with Crippen LogP contribution in [-0.2, 0) is 6.42 Å². The largest absolute Gasteiger partial charge is 0.469 e. The molecule has 1 atom stereocenters. The average Bonchev–Trinajstić information content (AvgIpc) is 2.49. The molecule has 2 heteroatoms. The highest BCUT2D eigenvalue weighted by atomic mass is 16.3. The molecule has 0 saturated carbocycles. The van der Waals surface area contributed by atoms with Crippen molar-refractivity contribution < 1.29 is 9.52 Å². The van der Waals surface area contributed by atoms with Crippen LogP contribution in [0.4, 0.5) is 0 Å². The molecule has 2 nitrogen and oxygen atoms in total. The number of hydrogen-bond donors (Lipinski definition) is 1. The van der Waals surface area contributed by atoms with Crippen molar-refractivity contribution in [2.75, 3.05) is 0 Å². The minimum absolute atomic E-state index is 0.243. The zero-order valence-corrected chi connectivity index (χ0v) is 7.87. The van der Waals surface area contributed by atoms with Crippen LogP contribution in [-0.4, -0.2) is 5.11 Å². The van der Waals surface area contributed by atoms with Crippen molar-refractivity contribution in [2.45, 2.75) is 33.3 Å². The van der Waals surface area contributed by atoms with Crippen molar-refractivity contribution in [3.8, 4) is 0 Å². The lowest BCUT2D eigenvalue weighted by molar-refractivity contribution is 0.125. The van der Waals surface area contributed by atoms with Crippen LogP contribution < -0.4 is 0 Å². The van der Waals surface area contributed by atoms with Gasteiger partial charge in [0.2, 0.25) is 0 Å². The highest BCUT2D eigenvalue weighted by Gasteiger charge is 2.16. The smallest absolute Gasteiger partial charge is 0.109 e. The molecule has 0 spiro atoms. The molecule has 0 bridgehead atoms. The fourth-order valence-corrected chi connectivity index (χ4v) is 1.26.